The second kappa shape index (κ2) is 12.8. The van der Waals surface area contributed by atoms with Gasteiger partial charge in [-0.1, -0.05) is 40.0 Å². The summed E-state index contributed by atoms with van der Waals surface area (Å²) in [5.41, 5.74) is 0.738. The molecule has 0 bridgehead atoms. The molecule has 0 aliphatic heterocycles. The molecule has 0 radical (unpaired) electrons. The Hall–Kier alpha value is -2.48. The third-order valence-corrected chi connectivity index (χ3v) is 12.0. The zero-order valence-corrected chi connectivity index (χ0v) is 25.2. The molecule has 0 aromatic heterocycles. The summed E-state index contributed by atoms with van der Waals surface area (Å²) < 4.78 is 4.84. The van der Waals surface area contributed by atoms with Gasteiger partial charge in [0.05, 0.1) is 23.7 Å². The number of nitro groups is 1. The summed E-state index contributed by atoms with van der Waals surface area (Å²) in [6, 6.07) is 4.70. The molecule has 9 atom stereocenters. The van der Waals surface area contributed by atoms with E-state index in [0.717, 1.165) is 43.2 Å². The summed E-state index contributed by atoms with van der Waals surface area (Å²) in [6.45, 7) is 7.46. The van der Waals surface area contributed by atoms with Crippen molar-refractivity contribution >= 4 is 17.6 Å². The molecule has 4 aliphatic rings. The van der Waals surface area contributed by atoms with Crippen molar-refractivity contribution < 1.29 is 29.5 Å². The molecular formula is C33H49NO7. The molecule has 5 rings (SSSR count). The van der Waals surface area contributed by atoms with Gasteiger partial charge in [0, 0.05) is 18.6 Å². The number of aliphatic hydroxyl groups excluding tert-OH is 1. The van der Waals surface area contributed by atoms with Gasteiger partial charge in [0.15, 0.2) is 0 Å². The lowest BCUT2D eigenvalue weighted by Crippen LogP contribution is -2.61. The largest absolute Gasteiger partial charge is 0.478 e. The summed E-state index contributed by atoms with van der Waals surface area (Å²) >= 11 is 0. The molecule has 0 amide bonds. The van der Waals surface area contributed by atoms with Crippen molar-refractivity contribution in [3.63, 3.8) is 0 Å². The predicted octanol–water partition coefficient (Wildman–Crippen LogP) is 7.28. The minimum Gasteiger partial charge on any atom is -0.478 e. The van der Waals surface area contributed by atoms with E-state index in [1.54, 1.807) is 0 Å². The summed E-state index contributed by atoms with van der Waals surface area (Å²) in [7, 11) is 1.49. The van der Waals surface area contributed by atoms with E-state index in [0.29, 0.717) is 40.9 Å². The van der Waals surface area contributed by atoms with Gasteiger partial charge in [0.25, 0.3) is 5.69 Å². The second-order valence-corrected chi connectivity index (χ2v) is 13.6. The van der Waals surface area contributed by atoms with Gasteiger partial charge in [-0.3, -0.25) is 14.9 Å². The van der Waals surface area contributed by atoms with E-state index in [4.69, 9.17) is 9.84 Å². The number of esters is 1. The Morgan fingerprint density at radius 1 is 1.00 bits per heavy atom. The number of non-ortho nitro benzene ring substituents is 1. The quantitative estimate of drug-likeness (QED) is 0.200. The molecule has 1 aromatic carbocycles. The van der Waals surface area contributed by atoms with Crippen molar-refractivity contribution in [3.05, 3.63) is 39.9 Å². The van der Waals surface area contributed by atoms with Crippen molar-refractivity contribution in [3.8, 4) is 0 Å². The fraction of sp³-hybridized carbons (Fsp3) is 0.758. The van der Waals surface area contributed by atoms with Gasteiger partial charge in [-0.15, -0.1) is 0 Å². The molecule has 0 heterocycles. The van der Waals surface area contributed by atoms with Crippen LogP contribution in [-0.2, 0) is 9.53 Å². The lowest BCUT2D eigenvalue weighted by atomic mass is 9.41. The SMILES string of the molecule is CCC1C(O)C2C3CCC(CCCC(=O)OC)C3(C)CCC2C2(C)CCCCC12.O=C(O)c1ccc([N+](=O)[O-])cc1. The molecule has 0 saturated heterocycles. The number of hydrogen-bond donors (Lipinski definition) is 2. The number of aromatic carboxylic acids is 1. The van der Waals surface area contributed by atoms with Gasteiger partial charge in [0.2, 0.25) is 0 Å². The van der Waals surface area contributed by atoms with E-state index in [9.17, 15) is 24.8 Å². The van der Waals surface area contributed by atoms with Crippen LogP contribution in [0.2, 0.25) is 0 Å². The van der Waals surface area contributed by atoms with Crippen LogP contribution in [0.15, 0.2) is 24.3 Å². The third kappa shape index (κ3) is 6.04. The van der Waals surface area contributed by atoms with Gasteiger partial charge >= 0.3 is 11.9 Å². The summed E-state index contributed by atoms with van der Waals surface area (Å²) in [5.74, 6) is 2.68. The topological polar surface area (TPSA) is 127 Å². The molecule has 9 unspecified atom stereocenters. The minimum absolute atomic E-state index is 0.0422. The van der Waals surface area contributed by atoms with Gasteiger partial charge in [-0.25, -0.2) is 4.79 Å². The number of methoxy groups -OCH3 is 1. The van der Waals surface area contributed by atoms with Crippen molar-refractivity contribution in [2.24, 2.45) is 46.3 Å². The lowest BCUT2D eigenvalue weighted by molar-refractivity contribution is -0.384. The number of fused-ring (bicyclic) bond motifs is 5. The fourth-order valence-corrected chi connectivity index (χ4v) is 9.94. The Morgan fingerprint density at radius 2 is 1.68 bits per heavy atom. The Labute approximate surface area is 244 Å². The van der Waals surface area contributed by atoms with Crippen LogP contribution in [0, 0.1) is 56.5 Å². The zero-order valence-electron chi connectivity index (χ0n) is 25.2. The molecule has 0 spiro atoms. The maximum absolute atomic E-state index is 11.7. The molecule has 1 aromatic rings. The highest BCUT2D eigenvalue weighted by atomic mass is 16.6. The van der Waals surface area contributed by atoms with Crippen molar-refractivity contribution in [2.75, 3.05) is 7.11 Å². The van der Waals surface area contributed by atoms with Crippen LogP contribution >= 0.6 is 0 Å². The van der Waals surface area contributed by atoms with E-state index in [1.165, 1.54) is 70.6 Å². The summed E-state index contributed by atoms with van der Waals surface area (Å²) in [6.07, 6.45) is 14.4. The van der Waals surface area contributed by atoms with Crippen LogP contribution < -0.4 is 0 Å². The molecule has 8 nitrogen and oxygen atoms in total. The van der Waals surface area contributed by atoms with Gasteiger partial charge in [-0.2, -0.15) is 0 Å². The number of carbonyl (C=O) groups excluding carboxylic acids is 1. The Kier molecular flexibility index (Phi) is 9.82. The van der Waals surface area contributed by atoms with Crippen LogP contribution in [0.25, 0.3) is 0 Å². The maximum atomic E-state index is 11.7. The highest BCUT2D eigenvalue weighted by Crippen LogP contribution is 2.69. The molecule has 8 heteroatoms. The number of rotatable bonds is 7. The van der Waals surface area contributed by atoms with Crippen molar-refractivity contribution in [1.29, 1.82) is 0 Å². The second-order valence-electron chi connectivity index (χ2n) is 13.6. The lowest BCUT2D eigenvalue weighted by Gasteiger charge is -2.64. The smallest absolute Gasteiger partial charge is 0.335 e. The Balaban J connectivity index is 0.000000271. The monoisotopic (exact) mass is 571 g/mol. The molecule has 2 N–H and O–H groups in total. The normalized spacial score (nSPS) is 37.4. The van der Waals surface area contributed by atoms with Gasteiger partial charge in [-0.05, 0) is 110 Å². The van der Waals surface area contributed by atoms with E-state index < -0.39 is 10.9 Å². The molecular weight excluding hydrogens is 522 g/mol. The zero-order chi connectivity index (χ0) is 29.9. The van der Waals surface area contributed by atoms with Crippen molar-refractivity contribution in [1.82, 2.24) is 0 Å². The number of benzene rings is 1. The number of carbonyl (C=O) groups is 2. The number of nitrogens with zero attached hydrogens (tertiary/aromatic N) is 1. The molecule has 4 fully saturated rings. The van der Waals surface area contributed by atoms with Crippen LogP contribution in [-0.4, -0.2) is 40.3 Å². The first-order valence-corrected chi connectivity index (χ1v) is 15.7. The fourth-order valence-electron chi connectivity index (χ4n) is 9.94. The van der Waals surface area contributed by atoms with Crippen LogP contribution in [0.1, 0.15) is 108 Å². The van der Waals surface area contributed by atoms with Crippen LogP contribution in [0.4, 0.5) is 5.69 Å². The predicted molar refractivity (Wildman–Crippen MR) is 156 cm³/mol. The summed E-state index contributed by atoms with van der Waals surface area (Å²) in [5, 5.41) is 30.3. The highest BCUT2D eigenvalue weighted by Gasteiger charge is 2.63. The van der Waals surface area contributed by atoms with E-state index >= 15 is 0 Å². The number of carboxylic acids is 1. The number of nitro benzene ring substituents is 1. The maximum Gasteiger partial charge on any atom is 0.335 e. The van der Waals surface area contributed by atoms with Crippen LogP contribution in [0.5, 0.6) is 0 Å². The van der Waals surface area contributed by atoms with Crippen LogP contribution in [0.3, 0.4) is 0 Å². The minimum atomic E-state index is -1.09. The number of aliphatic hydroxyl groups is 1. The number of ether oxygens (including phenoxy) is 1. The Morgan fingerprint density at radius 3 is 2.29 bits per heavy atom. The molecule has 4 aliphatic carbocycles. The van der Waals surface area contributed by atoms with Gasteiger partial charge in [0.1, 0.15) is 0 Å². The average Bonchev–Trinajstić information content (AvgIpc) is 3.29. The molecule has 4 saturated carbocycles. The number of carboxylic acid groups (broad SMARTS) is 1. The first-order chi connectivity index (χ1) is 19.5. The first kappa shape index (κ1) is 31.5. The van der Waals surface area contributed by atoms with Crippen molar-refractivity contribution in [2.45, 2.75) is 104 Å². The molecule has 41 heavy (non-hydrogen) atoms. The Bertz CT molecular complexity index is 1060. The standard InChI is InChI=1S/C26H44O3.C7H5NO4/c1-5-18-19-10-6-7-15-26(19,3)21-14-16-25(2)17(9-8-11-22(27)29-4)12-13-20(25)23(21)24(18)28;9-7(10)5-1-3-6(4-2-5)8(11)12/h17-21,23-24,28H,5-16H2,1-4H3;1-4H,(H,9,10). The van der Waals surface area contributed by atoms with E-state index in [2.05, 4.69) is 20.8 Å². The van der Waals surface area contributed by atoms with E-state index in [1.807, 2.05) is 0 Å². The summed E-state index contributed by atoms with van der Waals surface area (Å²) in [4.78, 5) is 31.4. The third-order valence-electron chi connectivity index (χ3n) is 12.0. The highest BCUT2D eigenvalue weighted by molar-refractivity contribution is 5.87. The number of hydrogen-bond acceptors (Lipinski definition) is 6. The molecule has 228 valence electrons. The van der Waals surface area contributed by atoms with Gasteiger partial charge < -0.3 is 14.9 Å². The first-order valence-electron chi connectivity index (χ1n) is 15.7. The van der Waals surface area contributed by atoms with E-state index in [-0.39, 0.29) is 23.3 Å². The average molecular weight is 572 g/mol.